The van der Waals surface area contributed by atoms with Gasteiger partial charge in [-0.2, -0.15) is 0 Å². The molecule has 93 heavy (non-hydrogen) atoms. The minimum Gasteiger partial charge on any atom is -0.481 e. The van der Waals surface area contributed by atoms with E-state index in [2.05, 4.69) is 26.6 Å². The van der Waals surface area contributed by atoms with Crippen LogP contribution in [0.25, 0.3) is 43.4 Å². The lowest BCUT2D eigenvalue weighted by Crippen LogP contribution is -2.42. The van der Waals surface area contributed by atoms with Crippen molar-refractivity contribution < 1.29 is 67.9 Å². The fourth-order valence-electron chi connectivity index (χ4n) is 10.2. The van der Waals surface area contributed by atoms with Crippen LogP contribution in [0.2, 0.25) is 0 Å². The SMILES string of the molecule is CNC(=O)C[C@@H]1NC(=O)c2csc(n2)-c2ccc(-c3nc(N(CC(CC(=O)O)OC)C(=O)O[C@H]4CC[C@H](C(=O)O)CC4)cs3)nc2-c2csc(n2)-c2csc(n2)[C@H]([C@@H](O)c2ccccc2)NC(=O)CNC(=O)c2nc(sc2COC)[C@H](C(C)C)NC(=O)c2nc1sc2C. The number of aromatic nitrogens is 7. The molecule has 0 radical (unpaired) electrons. The summed E-state index contributed by atoms with van der Waals surface area (Å²) in [5, 5.41) is 53.9. The van der Waals surface area contributed by atoms with E-state index in [0.717, 1.165) is 56.7 Å². The third kappa shape index (κ3) is 16.0. The maximum absolute atomic E-state index is 14.4. The van der Waals surface area contributed by atoms with Gasteiger partial charge in [-0.15, -0.1) is 68.0 Å². The molecule has 2 aliphatic rings. The van der Waals surface area contributed by atoms with E-state index in [1.807, 2.05) is 13.8 Å². The monoisotopic (exact) mass is 1380 g/mol. The first kappa shape index (κ1) is 67.5. The first-order chi connectivity index (χ1) is 44.7. The molecular weight excluding hydrogens is 1320 g/mol. The van der Waals surface area contributed by atoms with E-state index in [1.165, 1.54) is 37.5 Å². The van der Waals surface area contributed by atoms with E-state index in [4.69, 9.17) is 49.1 Å². The summed E-state index contributed by atoms with van der Waals surface area (Å²) >= 11 is 6.89. The molecule has 1 fully saturated rings. The Labute approximate surface area is 555 Å². The molecule has 1 saturated carbocycles. The number of carbonyl (C=O) groups excluding carboxylic acids is 6. The average molecular weight is 1380 g/mol. The van der Waals surface area contributed by atoms with Gasteiger partial charge in [0.2, 0.25) is 11.8 Å². The topological polar surface area (TPSA) is 379 Å². The third-order valence-electron chi connectivity index (χ3n) is 15.1. The number of ether oxygens (including phenoxy) is 3. The minimum atomic E-state index is -1.32. The standard InChI is InChI=1S/C60H63N13O14S6/c1-27(2)44-58-72-47(39(93-58)22-85-5)51(80)62-20-42(75)69-48(49(78)29-10-8-7-9-11-29)57-67-38(25-90-57)55-65-36(23-89-55)46-33(53-66-37(24-88-53)50(79)64-35(19-41(74)61-4)56-71-45(28(3)92-56)52(81)70-44)16-17-34(63-46)54-68-40(26-91-54)73(21-32(86-6)18-43(76)77)60(84)87-31-14-12-30(13-15-31)59(82)83/h7-11,16-17,23-27,30-32,35,44,48-49,78H,12-15,18-22H2,1-6H3,(H,61,74)(H,62,80)(H,64,79)(H,69,75)(H,70,81)(H,76,77)(H,82,83)/t30-,31-,32?,35-,44-,48-,49-/m0/s1. The van der Waals surface area contributed by atoms with Gasteiger partial charge in [-0.25, -0.2) is 39.7 Å². The highest BCUT2D eigenvalue weighted by Gasteiger charge is 2.35. The van der Waals surface area contributed by atoms with Crippen LogP contribution < -0.4 is 31.5 Å². The van der Waals surface area contributed by atoms with E-state index in [9.17, 15) is 53.7 Å². The fraction of sp³-hybridized carbons (Fsp3) is 0.383. The van der Waals surface area contributed by atoms with Gasteiger partial charge in [-0.05, 0) is 56.2 Å². The van der Waals surface area contributed by atoms with E-state index < -0.39 is 103 Å². The smallest absolute Gasteiger partial charge is 0.415 e. The Morgan fingerprint density at radius 2 is 1.40 bits per heavy atom. The number of carbonyl (C=O) groups is 8. The number of pyridine rings is 1. The number of methoxy groups -OCH3 is 2. The first-order valence-electron chi connectivity index (χ1n) is 29.1. The van der Waals surface area contributed by atoms with Crippen molar-refractivity contribution in [3.8, 4) is 43.4 Å². The van der Waals surface area contributed by atoms with Crippen LogP contribution >= 0.6 is 68.0 Å². The summed E-state index contributed by atoms with van der Waals surface area (Å²) in [6.45, 7) is 4.60. The van der Waals surface area contributed by atoms with Crippen LogP contribution in [0.4, 0.5) is 10.6 Å². The molecule has 8 heterocycles. The number of aliphatic hydroxyl groups excluding tert-OH is 1. The van der Waals surface area contributed by atoms with Crippen molar-refractivity contribution in [2.75, 3.05) is 39.3 Å². The number of thiazole rings is 6. The Kier molecular flexibility index (Phi) is 21.9. The largest absolute Gasteiger partial charge is 0.481 e. The number of aliphatic carboxylic acids is 2. The van der Waals surface area contributed by atoms with Crippen LogP contribution in [0.1, 0.15) is 138 Å². The summed E-state index contributed by atoms with van der Waals surface area (Å²) in [7, 11) is 4.23. The molecular formula is C60H63N13O14S6. The summed E-state index contributed by atoms with van der Waals surface area (Å²) in [5.74, 6) is -5.86. The zero-order chi connectivity index (χ0) is 66.2. The van der Waals surface area contributed by atoms with Crippen molar-refractivity contribution >= 4 is 121 Å². The highest BCUT2D eigenvalue weighted by atomic mass is 32.1. The molecule has 1 unspecified atom stereocenters. The quantitative estimate of drug-likeness (QED) is 0.0450. The number of nitrogens with zero attached hydrogens (tertiary/aromatic N) is 8. The molecule has 8 aromatic rings. The van der Waals surface area contributed by atoms with Crippen molar-refractivity contribution in [2.24, 2.45) is 11.8 Å². The number of anilines is 1. The number of hydrogen-bond acceptors (Lipinski definition) is 25. The number of aliphatic hydroxyl groups is 1. The molecule has 0 spiro atoms. The highest BCUT2D eigenvalue weighted by Crippen LogP contribution is 2.41. The molecule has 7 aromatic heterocycles. The molecule has 5 atom stereocenters. The van der Waals surface area contributed by atoms with Gasteiger partial charge < -0.3 is 56.1 Å². The minimum absolute atomic E-state index is 0.0186. The number of rotatable bonds is 16. The Hall–Kier alpha value is -8.41. The number of hydrogen-bond donors (Lipinski definition) is 8. The molecule has 10 rings (SSSR count). The van der Waals surface area contributed by atoms with Gasteiger partial charge in [0.15, 0.2) is 0 Å². The Balaban J connectivity index is 1.05. The van der Waals surface area contributed by atoms with Crippen molar-refractivity contribution in [1.29, 1.82) is 0 Å². The number of aryl methyl sites for hydroxylation is 1. The summed E-state index contributed by atoms with van der Waals surface area (Å²) in [6.07, 6.45) is -3.20. The van der Waals surface area contributed by atoms with E-state index in [1.54, 1.807) is 70.9 Å². The molecule has 488 valence electrons. The van der Waals surface area contributed by atoms with Crippen molar-refractivity contribution in [1.82, 2.24) is 61.5 Å². The Morgan fingerprint density at radius 3 is 2.11 bits per heavy atom. The number of amides is 6. The number of fused-ring (bicyclic) bond motifs is 14. The van der Waals surface area contributed by atoms with Crippen molar-refractivity contribution in [3.63, 3.8) is 0 Å². The summed E-state index contributed by atoms with van der Waals surface area (Å²) in [4.78, 5) is 144. The Morgan fingerprint density at radius 1 is 0.699 bits per heavy atom. The van der Waals surface area contributed by atoms with Crippen LogP contribution in [-0.4, -0.2) is 144 Å². The molecule has 1 aromatic carbocycles. The maximum atomic E-state index is 14.4. The molecule has 8 N–H and O–H groups in total. The Bertz CT molecular complexity index is 4060. The first-order valence-corrected chi connectivity index (χ1v) is 34.2. The number of benzene rings is 1. The third-order valence-corrected chi connectivity index (χ3v) is 20.9. The lowest BCUT2D eigenvalue weighted by molar-refractivity contribution is -0.143. The van der Waals surface area contributed by atoms with Gasteiger partial charge >= 0.3 is 18.0 Å². The van der Waals surface area contributed by atoms with Crippen molar-refractivity contribution in [2.45, 2.75) is 102 Å². The summed E-state index contributed by atoms with van der Waals surface area (Å²) in [5.41, 5.74) is 2.18. The predicted molar refractivity (Wildman–Crippen MR) is 347 cm³/mol. The lowest BCUT2D eigenvalue weighted by Gasteiger charge is -2.29. The summed E-state index contributed by atoms with van der Waals surface area (Å²) < 4.78 is 16.8. The van der Waals surface area contributed by atoms with Gasteiger partial charge in [0.05, 0.1) is 67.2 Å². The van der Waals surface area contributed by atoms with Crippen LogP contribution in [0.5, 0.6) is 0 Å². The van der Waals surface area contributed by atoms with Crippen LogP contribution in [0.15, 0.2) is 64.0 Å². The summed E-state index contributed by atoms with van der Waals surface area (Å²) in [6, 6.07) is 9.16. The molecule has 27 nitrogen and oxygen atoms in total. The van der Waals surface area contributed by atoms with Gasteiger partial charge in [0.1, 0.15) is 88.3 Å². The van der Waals surface area contributed by atoms with Crippen molar-refractivity contribution in [3.05, 3.63) is 111 Å². The van der Waals surface area contributed by atoms with Gasteiger partial charge in [0, 0.05) is 53.2 Å². The molecule has 1 aliphatic heterocycles. The molecule has 0 saturated heterocycles. The van der Waals surface area contributed by atoms with Gasteiger partial charge in [-0.1, -0.05) is 44.2 Å². The second kappa shape index (κ2) is 30.1. The number of carboxylic acids is 2. The molecule has 10 bridgehead atoms. The van der Waals surface area contributed by atoms with Crippen LogP contribution in [0.3, 0.4) is 0 Å². The molecule has 1 aliphatic carbocycles. The van der Waals surface area contributed by atoms with Gasteiger partial charge in [-0.3, -0.25) is 38.5 Å². The zero-order valence-electron chi connectivity index (χ0n) is 50.7. The number of carboxylic acid groups (broad SMARTS) is 2. The second-order valence-electron chi connectivity index (χ2n) is 21.9. The zero-order valence-corrected chi connectivity index (χ0v) is 55.6. The maximum Gasteiger partial charge on any atom is 0.415 e. The van der Waals surface area contributed by atoms with Crippen LogP contribution in [0, 0.1) is 18.8 Å². The lowest BCUT2D eigenvalue weighted by atomic mass is 9.87. The molecule has 6 amide bonds. The highest BCUT2D eigenvalue weighted by molar-refractivity contribution is 7.15. The van der Waals surface area contributed by atoms with Gasteiger partial charge in [0.25, 0.3) is 17.7 Å². The normalized spacial score (nSPS) is 18.7. The fourth-order valence-corrected chi connectivity index (χ4v) is 15.8. The predicted octanol–water partition coefficient (Wildman–Crippen LogP) is 8.39. The number of nitrogens with one attached hydrogen (secondary N) is 5. The average Bonchev–Trinajstić information content (AvgIpc) is 1.69. The van der Waals surface area contributed by atoms with E-state index in [-0.39, 0.29) is 59.1 Å². The molecule has 33 heteroatoms. The van der Waals surface area contributed by atoms with E-state index >= 15 is 0 Å². The second-order valence-corrected chi connectivity index (χ2v) is 27.7. The van der Waals surface area contributed by atoms with Crippen LogP contribution in [-0.2, 0) is 40.0 Å². The van der Waals surface area contributed by atoms with E-state index in [0.29, 0.717) is 88.7 Å².